The van der Waals surface area contributed by atoms with E-state index in [1.807, 2.05) is 38.1 Å². The lowest BCUT2D eigenvalue weighted by Gasteiger charge is -2.42. The average Bonchev–Trinajstić information content (AvgIpc) is 3.09. The van der Waals surface area contributed by atoms with Crippen molar-refractivity contribution in [2.24, 2.45) is 0 Å². The summed E-state index contributed by atoms with van der Waals surface area (Å²) in [6.45, 7) is 4.05. The zero-order valence-corrected chi connectivity index (χ0v) is 18.1. The molecule has 1 aromatic heterocycles. The highest BCUT2D eigenvalue weighted by molar-refractivity contribution is 7.80. The van der Waals surface area contributed by atoms with Gasteiger partial charge in [-0.2, -0.15) is 0 Å². The highest BCUT2D eigenvalue weighted by Crippen LogP contribution is 2.51. The molecule has 0 spiro atoms. The Labute approximate surface area is 180 Å². The van der Waals surface area contributed by atoms with Gasteiger partial charge in [0, 0.05) is 29.3 Å². The molecule has 5 nitrogen and oxygen atoms in total. The van der Waals surface area contributed by atoms with Crippen LogP contribution in [0.25, 0.3) is 17.2 Å². The van der Waals surface area contributed by atoms with E-state index >= 15 is 0 Å². The SMILES string of the molecule is CC1(C)c2ssc(=S)c2-c2ccccc2N1C(=O)/C=C/c1ccc([N+](=O)[O-])cc1. The fourth-order valence-electron chi connectivity index (χ4n) is 3.52. The quantitative estimate of drug-likeness (QED) is 0.155. The number of non-ortho nitro benzene ring substituents is 1. The lowest BCUT2D eigenvalue weighted by Crippen LogP contribution is -2.47. The minimum absolute atomic E-state index is 0.0192. The van der Waals surface area contributed by atoms with Crippen LogP contribution < -0.4 is 4.90 Å². The summed E-state index contributed by atoms with van der Waals surface area (Å²) in [7, 11) is 3.18. The molecule has 1 aliphatic rings. The zero-order chi connectivity index (χ0) is 20.8. The van der Waals surface area contributed by atoms with Crippen LogP contribution in [0, 0.1) is 13.9 Å². The van der Waals surface area contributed by atoms with Gasteiger partial charge in [-0.25, -0.2) is 0 Å². The van der Waals surface area contributed by atoms with Crippen LogP contribution in [-0.4, -0.2) is 10.8 Å². The van der Waals surface area contributed by atoms with Gasteiger partial charge in [-0.05, 0) is 43.7 Å². The molecule has 0 radical (unpaired) electrons. The van der Waals surface area contributed by atoms with E-state index < -0.39 is 10.5 Å². The number of carbonyl (C=O) groups is 1. The number of fused-ring (bicyclic) bond motifs is 3. The zero-order valence-electron chi connectivity index (χ0n) is 15.6. The van der Waals surface area contributed by atoms with Crippen molar-refractivity contribution in [2.45, 2.75) is 19.4 Å². The monoisotopic (exact) mass is 440 g/mol. The number of nitro benzene ring substituents is 1. The Bertz CT molecular complexity index is 1210. The number of para-hydroxylation sites is 1. The minimum atomic E-state index is -0.543. The second-order valence-electron chi connectivity index (χ2n) is 7.09. The van der Waals surface area contributed by atoms with Crippen molar-refractivity contribution >= 4 is 56.3 Å². The Hall–Kier alpha value is -2.68. The number of hydrogen-bond acceptors (Lipinski definition) is 6. The van der Waals surface area contributed by atoms with Gasteiger partial charge in [0.05, 0.1) is 21.0 Å². The van der Waals surface area contributed by atoms with Crippen LogP contribution in [-0.2, 0) is 10.3 Å². The Kier molecular flexibility index (Phi) is 4.94. The highest BCUT2D eigenvalue weighted by Gasteiger charge is 2.42. The molecule has 0 saturated heterocycles. The van der Waals surface area contributed by atoms with Crippen LogP contribution in [0.2, 0.25) is 0 Å². The summed E-state index contributed by atoms with van der Waals surface area (Å²) in [4.78, 5) is 26.5. The third-order valence-electron chi connectivity index (χ3n) is 4.90. The first kappa shape index (κ1) is 19.6. The van der Waals surface area contributed by atoms with Gasteiger partial charge in [0.25, 0.3) is 11.6 Å². The van der Waals surface area contributed by atoms with Gasteiger partial charge in [-0.1, -0.05) is 51.1 Å². The van der Waals surface area contributed by atoms with Gasteiger partial charge in [0.15, 0.2) is 0 Å². The van der Waals surface area contributed by atoms with Crippen LogP contribution in [0.5, 0.6) is 0 Å². The van der Waals surface area contributed by atoms with Gasteiger partial charge in [0.2, 0.25) is 0 Å². The second-order valence-corrected chi connectivity index (χ2v) is 9.91. The summed E-state index contributed by atoms with van der Waals surface area (Å²) in [5, 5.41) is 10.8. The molecule has 8 heteroatoms. The largest absolute Gasteiger partial charge is 0.298 e. The summed E-state index contributed by atoms with van der Waals surface area (Å²) in [5.41, 5.74) is 3.06. The molecule has 4 rings (SSSR count). The molecule has 0 atom stereocenters. The van der Waals surface area contributed by atoms with Crippen molar-refractivity contribution in [1.82, 2.24) is 0 Å². The van der Waals surface area contributed by atoms with Gasteiger partial charge in [0.1, 0.15) is 3.82 Å². The van der Waals surface area contributed by atoms with E-state index in [2.05, 4.69) is 0 Å². The summed E-state index contributed by atoms with van der Waals surface area (Å²) in [6, 6.07) is 13.9. The molecular formula is C21H16N2O3S3. The standard InChI is InChI=1S/C21H16N2O3S3/c1-21(2)19-18(20(27)29-28-19)15-5-3-4-6-16(15)22(21)17(24)12-9-13-7-10-14(11-8-13)23(25)26/h3-12H,1-2H3/b12-9+. The van der Waals surface area contributed by atoms with Gasteiger partial charge in [-0.3, -0.25) is 19.8 Å². The number of rotatable bonds is 3. The van der Waals surface area contributed by atoms with Crippen molar-refractivity contribution in [1.29, 1.82) is 0 Å². The molecule has 0 saturated carbocycles. The van der Waals surface area contributed by atoms with E-state index in [0.29, 0.717) is 0 Å². The summed E-state index contributed by atoms with van der Waals surface area (Å²) in [5.74, 6) is -0.157. The smallest absolute Gasteiger partial charge is 0.269 e. The summed E-state index contributed by atoms with van der Waals surface area (Å²) < 4.78 is 0.846. The first-order valence-corrected chi connectivity index (χ1v) is 11.4. The van der Waals surface area contributed by atoms with Crippen molar-refractivity contribution in [3.8, 4) is 11.1 Å². The molecule has 1 amide bonds. The Morgan fingerprint density at radius 3 is 2.52 bits per heavy atom. The lowest BCUT2D eigenvalue weighted by atomic mass is 9.87. The predicted molar refractivity (Wildman–Crippen MR) is 121 cm³/mol. The van der Waals surface area contributed by atoms with Crippen molar-refractivity contribution in [3.05, 3.63) is 79.0 Å². The van der Waals surface area contributed by atoms with E-state index in [1.54, 1.807) is 43.8 Å². The van der Waals surface area contributed by atoms with E-state index in [1.165, 1.54) is 18.2 Å². The van der Waals surface area contributed by atoms with E-state index in [9.17, 15) is 14.9 Å². The average molecular weight is 441 g/mol. The molecule has 2 heterocycles. The molecule has 2 aromatic carbocycles. The van der Waals surface area contributed by atoms with Crippen LogP contribution in [0.4, 0.5) is 11.4 Å². The molecule has 0 bridgehead atoms. The minimum Gasteiger partial charge on any atom is -0.298 e. The molecular weight excluding hydrogens is 424 g/mol. The topological polar surface area (TPSA) is 63.5 Å². The second kappa shape index (κ2) is 7.29. The Morgan fingerprint density at radius 1 is 1.14 bits per heavy atom. The normalized spacial score (nSPS) is 14.5. The van der Waals surface area contributed by atoms with E-state index in [-0.39, 0.29) is 11.6 Å². The summed E-state index contributed by atoms with van der Waals surface area (Å²) >= 11 is 5.56. The molecule has 0 aliphatic carbocycles. The van der Waals surface area contributed by atoms with Gasteiger partial charge in [-0.15, -0.1) is 0 Å². The molecule has 1 aliphatic heterocycles. The van der Waals surface area contributed by atoms with Gasteiger partial charge >= 0.3 is 0 Å². The fourth-order valence-corrected chi connectivity index (χ4v) is 6.80. The molecule has 0 unspecified atom stereocenters. The van der Waals surface area contributed by atoms with Crippen LogP contribution in [0.3, 0.4) is 0 Å². The summed E-state index contributed by atoms with van der Waals surface area (Å²) in [6.07, 6.45) is 3.19. The van der Waals surface area contributed by atoms with Crippen molar-refractivity contribution < 1.29 is 9.72 Å². The number of carbonyl (C=O) groups excluding carboxylic acids is 1. The number of nitrogens with zero attached hydrogens (tertiary/aromatic N) is 2. The maximum Gasteiger partial charge on any atom is 0.269 e. The number of benzene rings is 2. The van der Waals surface area contributed by atoms with E-state index in [0.717, 1.165) is 31.1 Å². The first-order chi connectivity index (χ1) is 13.8. The highest BCUT2D eigenvalue weighted by atomic mass is 32.9. The van der Waals surface area contributed by atoms with Crippen LogP contribution in [0.15, 0.2) is 54.6 Å². The number of nitro groups is 1. The lowest BCUT2D eigenvalue weighted by molar-refractivity contribution is -0.384. The number of hydrogen-bond donors (Lipinski definition) is 0. The fraction of sp³-hybridized carbons (Fsp3) is 0.143. The Morgan fingerprint density at radius 2 is 1.83 bits per heavy atom. The third kappa shape index (κ3) is 3.33. The molecule has 0 fully saturated rings. The van der Waals surface area contributed by atoms with Gasteiger partial charge < -0.3 is 0 Å². The first-order valence-electron chi connectivity index (χ1n) is 8.80. The maximum atomic E-state index is 13.3. The molecule has 3 aromatic rings. The third-order valence-corrected chi connectivity index (χ3v) is 8.23. The van der Waals surface area contributed by atoms with Crippen molar-refractivity contribution in [3.63, 3.8) is 0 Å². The van der Waals surface area contributed by atoms with E-state index in [4.69, 9.17) is 12.2 Å². The molecule has 29 heavy (non-hydrogen) atoms. The maximum absolute atomic E-state index is 13.3. The molecule has 0 N–H and O–H groups in total. The number of anilines is 1. The number of amides is 1. The van der Waals surface area contributed by atoms with Crippen molar-refractivity contribution in [2.75, 3.05) is 4.90 Å². The predicted octanol–water partition coefficient (Wildman–Crippen LogP) is 6.41. The van der Waals surface area contributed by atoms with Crippen LogP contribution >= 0.6 is 32.9 Å². The van der Waals surface area contributed by atoms with Crippen LogP contribution in [0.1, 0.15) is 24.3 Å². The Balaban J connectivity index is 1.73. The molecule has 146 valence electrons.